The largest absolute Gasteiger partial charge is 0.376 e. The number of hydrogen-bond acceptors (Lipinski definition) is 3. The summed E-state index contributed by atoms with van der Waals surface area (Å²) in [6.45, 7) is 4.26. The van der Waals surface area contributed by atoms with Crippen LogP contribution in [0.1, 0.15) is 48.5 Å². The molecule has 4 N–H and O–H groups in total. The highest BCUT2D eigenvalue weighted by Crippen LogP contribution is 2.23. The molecule has 1 fully saturated rings. The zero-order valence-electron chi connectivity index (χ0n) is 13.3. The Bertz CT molecular complexity index is 557. The number of anilines is 1. The standard InChI is InChI=1S/C17H25N3O2/c1-11-5-3-4-6-15(11)20-16(21)10-19-13-7-8-14(17(18)22)12(2)9-13/h7-9,11,15,19H,3-6,10H2,1-2H3,(H2,18,22)(H,20,21). The third kappa shape index (κ3) is 4.23. The summed E-state index contributed by atoms with van der Waals surface area (Å²) in [7, 11) is 0. The highest BCUT2D eigenvalue weighted by Gasteiger charge is 2.22. The first-order valence-electron chi connectivity index (χ1n) is 7.91. The zero-order valence-corrected chi connectivity index (χ0v) is 13.3. The van der Waals surface area contributed by atoms with Crippen LogP contribution in [0.15, 0.2) is 18.2 Å². The topological polar surface area (TPSA) is 84.2 Å². The van der Waals surface area contributed by atoms with Crippen molar-refractivity contribution in [2.24, 2.45) is 11.7 Å². The second-order valence-electron chi connectivity index (χ2n) is 6.18. The van der Waals surface area contributed by atoms with Gasteiger partial charge < -0.3 is 16.4 Å². The summed E-state index contributed by atoms with van der Waals surface area (Å²) in [5.41, 5.74) is 7.40. The molecule has 2 amide bonds. The number of benzene rings is 1. The van der Waals surface area contributed by atoms with Crippen molar-refractivity contribution >= 4 is 17.5 Å². The van der Waals surface area contributed by atoms with Crippen LogP contribution >= 0.6 is 0 Å². The van der Waals surface area contributed by atoms with E-state index in [0.29, 0.717) is 17.5 Å². The molecule has 0 aliphatic heterocycles. The van der Waals surface area contributed by atoms with Gasteiger partial charge in [-0.2, -0.15) is 0 Å². The first-order valence-corrected chi connectivity index (χ1v) is 7.91. The van der Waals surface area contributed by atoms with Gasteiger partial charge in [0.1, 0.15) is 0 Å². The highest BCUT2D eigenvalue weighted by atomic mass is 16.2. The minimum Gasteiger partial charge on any atom is -0.376 e. The van der Waals surface area contributed by atoms with Crippen LogP contribution in [0.2, 0.25) is 0 Å². The Morgan fingerprint density at radius 3 is 2.64 bits per heavy atom. The quantitative estimate of drug-likeness (QED) is 0.779. The van der Waals surface area contributed by atoms with Gasteiger partial charge in [-0.15, -0.1) is 0 Å². The van der Waals surface area contributed by atoms with Crippen LogP contribution < -0.4 is 16.4 Å². The molecule has 0 saturated heterocycles. The third-order valence-electron chi connectivity index (χ3n) is 4.40. The normalized spacial score (nSPS) is 21.2. The van der Waals surface area contributed by atoms with Crippen LogP contribution in [-0.2, 0) is 4.79 Å². The molecule has 0 aromatic heterocycles. The minimum absolute atomic E-state index is 0.00961. The van der Waals surface area contributed by atoms with Gasteiger partial charge in [0.05, 0.1) is 6.54 Å². The molecule has 0 heterocycles. The Kier molecular flexibility index (Phi) is 5.41. The second kappa shape index (κ2) is 7.29. The second-order valence-corrected chi connectivity index (χ2v) is 6.18. The number of nitrogens with one attached hydrogen (secondary N) is 2. The van der Waals surface area contributed by atoms with Gasteiger partial charge in [-0.25, -0.2) is 0 Å². The predicted octanol–water partition coefficient (Wildman–Crippen LogP) is 2.20. The lowest BCUT2D eigenvalue weighted by atomic mass is 9.86. The molecule has 1 aliphatic carbocycles. The maximum absolute atomic E-state index is 12.0. The van der Waals surface area contributed by atoms with Gasteiger partial charge in [0.2, 0.25) is 11.8 Å². The number of nitrogens with two attached hydrogens (primary N) is 1. The van der Waals surface area contributed by atoms with Gasteiger partial charge in [0.25, 0.3) is 0 Å². The fraction of sp³-hybridized carbons (Fsp3) is 0.529. The molecule has 120 valence electrons. The predicted molar refractivity (Wildman–Crippen MR) is 87.7 cm³/mol. The average Bonchev–Trinajstić information content (AvgIpc) is 2.47. The summed E-state index contributed by atoms with van der Waals surface area (Å²) in [5, 5.41) is 6.20. The maximum Gasteiger partial charge on any atom is 0.248 e. The number of rotatable bonds is 5. The Balaban J connectivity index is 1.85. The number of primary amides is 1. The van der Waals surface area contributed by atoms with E-state index >= 15 is 0 Å². The van der Waals surface area contributed by atoms with Crippen molar-refractivity contribution in [3.05, 3.63) is 29.3 Å². The summed E-state index contributed by atoms with van der Waals surface area (Å²) >= 11 is 0. The molecule has 0 bridgehead atoms. The van der Waals surface area contributed by atoms with E-state index < -0.39 is 5.91 Å². The van der Waals surface area contributed by atoms with Crippen LogP contribution in [0.4, 0.5) is 5.69 Å². The molecular weight excluding hydrogens is 278 g/mol. The number of carbonyl (C=O) groups is 2. The monoisotopic (exact) mass is 303 g/mol. The van der Waals surface area contributed by atoms with Crippen LogP contribution in [0, 0.1) is 12.8 Å². The molecular formula is C17H25N3O2. The lowest BCUT2D eigenvalue weighted by molar-refractivity contribution is -0.120. The lowest BCUT2D eigenvalue weighted by Gasteiger charge is -2.29. The smallest absolute Gasteiger partial charge is 0.248 e. The van der Waals surface area contributed by atoms with Gasteiger partial charge in [-0.05, 0) is 49.4 Å². The van der Waals surface area contributed by atoms with E-state index in [1.54, 1.807) is 12.1 Å². The van der Waals surface area contributed by atoms with E-state index in [1.165, 1.54) is 19.3 Å². The summed E-state index contributed by atoms with van der Waals surface area (Å²) in [6, 6.07) is 5.57. The molecule has 2 atom stereocenters. The van der Waals surface area contributed by atoms with Crippen molar-refractivity contribution in [3.8, 4) is 0 Å². The molecule has 1 saturated carbocycles. The van der Waals surface area contributed by atoms with E-state index in [-0.39, 0.29) is 12.5 Å². The van der Waals surface area contributed by atoms with Crippen molar-refractivity contribution in [1.82, 2.24) is 5.32 Å². The lowest BCUT2D eigenvalue weighted by Crippen LogP contribution is -2.43. The van der Waals surface area contributed by atoms with Crippen molar-refractivity contribution in [2.45, 2.75) is 45.6 Å². The third-order valence-corrected chi connectivity index (χ3v) is 4.40. The van der Waals surface area contributed by atoms with Crippen LogP contribution in [0.25, 0.3) is 0 Å². The first kappa shape index (κ1) is 16.3. The zero-order chi connectivity index (χ0) is 16.1. The van der Waals surface area contributed by atoms with E-state index in [2.05, 4.69) is 17.6 Å². The first-order chi connectivity index (χ1) is 10.5. The molecule has 1 aromatic rings. The molecule has 0 radical (unpaired) electrons. The van der Waals surface area contributed by atoms with Gasteiger partial charge in [0, 0.05) is 17.3 Å². The maximum atomic E-state index is 12.0. The van der Waals surface area contributed by atoms with Gasteiger partial charge >= 0.3 is 0 Å². The Morgan fingerprint density at radius 2 is 2.00 bits per heavy atom. The molecule has 2 unspecified atom stereocenters. The molecule has 5 heteroatoms. The summed E-state index contributed by atoms with van der Waals surface area (Å²) in [5.74, 6) is 0.123. The Hall–Kier alpha value is -2.04. The average molecular weight is 303 g/mol. The molecule has 2 rings (SSSR count). The number of aryl methyl sites for hydroxylation is 1. The van der Waals surface area contributed by atoms with E-state index in [4.69, 9.17) is 5.73 Å². The van der Waals surface area contributed by atoms with Crippen molar-refractivity contribution < 1.29 is 9.59 Å². The van der Waals surface area contributed by atoms with E-state index in [0.717, 1.165) is 17.7 Å². The molecule has 22 heavy (non-hydrogen) atoms. The number of hydrogen-bond donors (Lipinski definition) is 3. The fourth-order valence-electron chi connectivity index (χ4n) is 3.02. The number of amides is 2. The van der Waals surface area contributed by atoms with E-state index in [9.17, 15) is 9.59 Å². The summed E-state index contributed by atoms with van der Waals surface area (Å²) < 4.78 is 0. The molecule has 0 spiro atoms. The van der Waals surface area contributed by atoms with Crippen LogP contribution in [0.3, 0.4) is 0 Å². The molecule has 1 aromatic carbocycles. The van der Waals surface area contributed by atoms with Crippen molar-refractivity contribution in [2.75, 3.05) is 11.9 Å². The van der Waals surface area contributed by atoms with Gasteiger partial charge in [-0.3, -0.25) is 9.59 Å². The van der Waals surface area contributed by atoms with Crippen molar-refractivity contribution in [1.29, 1.82) is 0 Å². The summed E-state index contributed by atoms with van der Waals surface area (Å²) in [4.78, 5) is 23.2. The van der Waals surface area contributed by atoms with E-state index in [1.807, 2.05) is 13.0 Å². The highest BCUT2D eigenvalue weighted by molar-refractivity contribution is 5.94. The number of carbonyl (C=O) groups excluding carboxylic acids is 2. The molecule has 1 aliphatic rings. The minimum atomic E-state index is -0.437. The van der Waals surface area contributed by atoms with Crippen LogP contribution in [0.5, 0.6) is 0 Å². The van der Waals surface area contributed by atoms with Crippen molar-refractivity contribution in [3.63, 3.8) is 0 Å². The van der Waals surface area contributed by atoms with Crippen LogP contribution in [-0.4, -0.2) is 24.4 Å². The summed E-state index contributed by atoms with van der Waals surface area (Å²) in [6.07, 6.45) is 4.71. The fourth-order valence-corrected chi connectivity index (χ4v) is 3.02. The Morgan fingerprint density at radius 1 is 1.27 bits per heavy atom. The molecule has 5 nitrogen and oxygen atoms in total. The van der Waals surface area contributed by atoms with Gasteiger partial charge in [0.15, 0.2) is 0 Å². The van der Waals surface area contributed by atoms with Gasteiger partial charge in [-0.1, -0.05) is 19.8 Å². The Labute approximate surface area is 131 Å². The SMILES string of the molecule is Cc1cc(NCC(=O)NC2CCCCC2C)ccc1C(N)=O.